The summed E-state index contributed by atoms with van der Waals surface area (Å²) in [5, 5.41) is 0.182. The molecule has 2 N–H and O–H groups in total. The monoisotopic (exact) mass is 187 g/mol. The van der Waals surface area contributed by atoms with Crippen LogP contribution < -0.4 is 5.73 Å². The highest BCUT2D eigenvalue weighted by atomic mass is 35.5. The second-order valence-corrected chi connectivity index (χ2v) is 2.85. The SMILES string of the molecule is Cc1cc(Cl)c(C(N)=O)cc1F. The van der Waals surface area contributed by atoms with Crippen molar-refractivity contribution in [2.75, 3.05) is 0 Å². The van der Waals surface area contributed by atoms with Gasteiger partial charge in [0.15, 0.2) is 0 Å². The molecule has 0 unspecified atom stereocenters. The third-order valence-electron chi connectivity index (χ3n) is 1.51. The van der Waals surface area contributed by atoms with Gasteiger partial charge in [-0.3, -0.25) is 4.79 Å². The molecule has 4 heteroatoms. The first-order valence-corrected chi connectivity index (χ1v) is 3.65. The minimum Gasteiger partial charge on any atom is -0.366 e. The summed E-state index contributed by atoms with van der Waals surface area (Å²) in [6.45, 7) is 1.56. The smallest absolute Gasteiger partial charge is 0.250 e. The van der Waals surface area contributed by atoms with Crippen molar-refractivity contribution in [3.8, 4) is 0 Å². The van der Waals surface area contributed by atoms with Gasteiger partial charge in [0.25, 0.3) is 0 Å². The summed E-state index contributed by atoms with van der Waals surface area (Å²) in [6.07, 6.45) is 0. The van der Waals surface area contributed by atoms with Crippen LogP contribution in [0.5, 0.6) is 0 Å². The highest BCUT2D eigenvalue weighted by Gasteiger charge is 2.09. The molecule has 2 nitrogen and oxygen atoms in total. The lowest BCUT2D eigenvalue weighted by Gasteiger charge is -2.01. The van der Waals surface area contributed by atoms with Gasteiger partial charge in [-0.2, -0.15) is 0 Å². The van der Waals surface area contributed by atoms with Gasteiger partial charge in [-0.15, -0.1) is 0 Å². The molecule has 0 atom stereocenters. The molecule has 1 rings (SSSR count). The van der Waals surface area contributed by atoms with E-state index in [0.29, 0.717) is 5.56 Å². The summed E-state index contributed by atoms with van der Waals surface area (Å²) in [7, 11) is 0. The summed E-state index contributed by atoms with van der Waals surface area (Å²) in [5.74, 6) is -1.20. The first kappa shape index (κ1) is 9.00. The topological polar surface area (TPSA) is 43.1 Å². The van der Waals surface area contributed by atoms with Crippen LogP contribution in [-0.2, 0) is 0 Å². The Kier molecular flexibility index (Phi) is 2.33. The Labute approximate surface area is 74.1 Å². The maximum absolute atomic E-state index is 12.9. The molecule has 0 aliphatic carbocycles. The van der Waals surface area contributed by atoms with Gasteiger partial charge in [-0.25, -0.2) is 4.39 Å². The van der Waals surface area contributed by atoms with Crippen molar-refractivity contribution in [2.45, 2.75) is 6.92 Å². The van der Waals surface area contributed by atoms with Crippen molar-refractivity contribution in [1.82, 2.24) is 0 Å². The molecule has 0 saturated heterocycles. The summed E-state index contributed by atoms with van der Waals surface area (Å²) in [6, 6.07) is 2.41. The molecule has 1 aromatic rings. The minimum atomic E-state index is -0.723. The lowest BCUT2D eigenvalue weighted by atomic mass is 10.1. The zero-order valence-corrected chi connectivity index (χ0v) is 7.15. The zero-order valence-electron chi connectivity index (χ0n) is 6.40. The van der Waals surface area contributed by atoms with Crippen LogP contribution >= 0.6 is 11.6 Å². The Morgan fingerprint density at radius 1 is 1.58 bits per heavy atom. The van der Waals surface area contributed by atoms with E-state index < -0.39 is 11.7 Å². The van der Waals surface area contributed by atoms with Gasteiger partial charge in [0.2, 0.25) is 5.91 Å². The first-order valence-electron chi connectivity index (χ1n) is 3.28. The first-order chi connectivity index (χ1) is 5.52. The van der Waals surface area contributed by atoms with Crippen LogP contribution in [0.2, 0.25) is 5.02 Å². The van der Waals surface area contributed by atoms with E-state index in [1.807, 2.05) is 0 Å². The maximum Gasteiger partial charge on any atom is 0.250 e. The van der Waals surface area contributed by atoms with Crippen LogP contribution in [0.1, 0.15) is 15.9 Å². The van der Waals surface area contributed by atoms with Gasteiger partial charge >= 0.3 is 0 Å². The van der Waals surface area contributed by atoms with Crippen molar-refractivity contribution in [3.05, 3.63) is 34.1 Å². The highest BCUT2D eigenvalue weighted by Crippen LogP contribution is 2.19. The van der Waals surface area contributed by atoms with Crippen LogP contribution in [0.4, 0.5) is 4.39 Å². The Morgan fingerprint density at radius 2 is 2.17 bits per heavy atom. The number of amides is 1. The molecule has 0 aliphatic rings. The molecule has 0 heterocycles. The summed E-state index contributed by atoms with van der Waals surface area (Å²) in [4.78, 5) is 10.7. The second-order valence-electron chi connectivity index (χ2n) is 2.45. The van der Waals surface area contributed by atoms with Crippen molar-refractivity contribution in [2.24, 2.45) is 5.73 Å². The third kappa shape index (κ3) is 1.56. The fourth-order valence-electron chi connectivity index (χ4n) is 0.835. The number of aryl methyl sites for hydroxylation is 1. The zero-order chi connectivity index (χ0) is 9.30. The Balaban J connectivity index is 3.33. The molecule has 1 amide bonds. The number of benzene rings is 1. The predicted molar refractivity (Wildman–Crippen MR) is 44.7 cm³/mol. The van der Waals surface area contributed by atoms with E-state index in [-0.39, 0.29) is 10.6 Å². The number of rotatable bonds is 1. The van der Waals surface area contributed by atoms with Gasteiger partial charge in [-0.1, -0.05) is 11.6 Å². The lowest BCUT2D eigenvalue weighted by Crippen LogP contribution is -2.12. The van der Waals surface area contributed by atoms with Crippen LogP contribution in [0.15, 0.2) is 12.1 Å². The molecule has 0 saturated carbocycles. The van der Waals surface area contributed by atoms with Gasteiger partial charge in [0.05, 0.1) is 10.6 Å². The van der Waals surface area contributed by atoms with E-state index in [9.17, 15) is 9.18 Å². The Morgan fingerprint density at radius 3 is 2.67 bits per heavy atom. The number of primary amides is 1. The molecule has 0 fully saturated rings. The van der Waals surface area contributed by atoms with E-state index in [4.69, 9.17) is 17.3 Å². The number of hydrogen-bond acceptors (Lipinski definition) is 1. The normalized spacial score (nSPS) is 9.92. The predicted octanol–water partition coefficient (Wildman–Crippen LogP) is 1.89. The van der Waals surface area contributed by atoms with Crippen molar-refractivity contribution in [3.63, 3.8) is 0 Å². The molecular weight excluding hydrogens is 181 g/mol. The Bertz CT molecular complexity index is 338. The average Bonchev–Trinajstić information content (AvgIpc) is 1.96. The number of hydrogen-bond donors (Lipinski definition) is 1. The summed E-state index contributed by atoms with van der Waals surface area (Å²) >= 11 is 5.63. The molecule has 0 radical (unpaired) electrons. The molecule has 0 spiro atoms. The minimum absolute atomic E-state index is 0.0137. The number of nitrogens with two attached hydrogens (primary N) is 1. The van der Waals surface area contributed by atoms with Gasteiger partial charge in [-0.05, 0) is 24.6 Å². The fourth-order valence-corrected chi connectivity index (χ4v) is 1.15. The van der Waals surface area contributed by atoms with E-state index in [1.54, 1.807) is 6.92 Å². The number of halogens is 2. The molecule has 64 valence electrons. The number of carbonyl (C=O) groups excluding carboxylic acids is 1. The van der Waals surface area contributed by atoms with Gasteiger partial charge in [0, 0.05) is 0 Å². The summed E-state index contributed by atoms with van der Waals surface area (Å²) < 4.78 is 12.9. The lowest BCUT2D eigenvalue weighted by molar-refractivity contribution is 0.1000. The van der Waals surface area contributed by atoms with Crippen LogP contribution in [0, 0.1) is 12.7 Å². The van der Waals surface area contributed by atoms with E-state index in [2.05, 4.69) is 0 Å². The molecule has 12 heavy (non-hydrogen) atoms. The average molecular weight is 188 g/mol. The second kappa shape index (κ2) is 3.11. The van der Waals surface area contributed by atoms with Crippen LogP contribution in [0.3, 0.4) is 0 Å². The van der Waals surface area contributed by atoms with Crippen molar-refractivity contribution < 1.29 is 9.18 Å². The molecule has 0 bridgehead atoms. The quantitative estimate of drug-likeness (QED) is 0.717. The van der Waals surface area contributed by atoms with Crippen LogP contribution in [-0.4, -0.2) is 5.91 Å². The van der Waals surface area contributed by atoms with E-state index >= 15 is 0 Å². The highest BCUT2D eigenvalue weighted by molar-refractivity contribution is 6.33. The van der Waals surface area contributed by atoms with E-state index in [0.717, 1.165) is 6.07 Å². The molecule has 1 aromatic carbocycles. The largest absolute Gasteiger partial charge is 0.366 e. The molecular formula is C8H7ClFNO. The fraction of sp³-hybridized carbons (Fsp3) is 0.125. The van der Waals surface area contributed by atoms with Gasteiger partial charge in [0.1, 0.15) is 5.82 Å². The summed E-state index contributed by atoms with van der Waals surface area (Å²) in [5.41, 5.74) is 5.35. The molecule has 0 aromatic heterocycles. The van der Waals surface area contributed by atoms with Crippen molar-refractivity contribution >= 4 is 17.5 Å². The molecule has 0 aliphatic heterocycles. The van der Waals surface area contributed by atoms with Gasteiger partial charge < -0.3 is 5.73 Å². The van der Waals surface area contributed by atoms with E-state index in [1.165, 1.54) is 6.07 Å². The maximum atomic E-state index is 12.9. The standard InChI is InChI=1S/C8H7ClFNO/c1-4-2-6(9)5(8(11)12)3-7(4)10/h2-3H,1H3,(H2,11,12). The van der Waals surface area contributed by atoms with Crippen molar-refractivity contribution in [1.29, 1.82) is 0 Å². The van der Waals surface area contributed by atoms with Crippen LogP contribution in [0.25, 0.3) is 0 Å². The Hall–Kier alpha value is -1.09. The number of carbonyl (C=O) groups is 1. The third-order valence-corrected chi connectivity index (χ3v) is 1.83.